The zero-order valence-electron chi connectivity index (χ0n) is 18.1. The van der Waals surface area contributed by atoms with Gasteiger partial charge in [0.05, 0.1) is 7.11 Å². The lowest BCUT2D eigenvalue weighted by Gasteiger charge is -2.35. The first kappa shape index (κ1) is 21.2. The van der Waals surface area contributed by atoms with Crippen LogP contribution in [0.15, 0.2) is 54.6 Å². The molecule has 0 atom stereocenters. The van der Waals surface area contributed by atoms with E-state index < -0.39 is 0 Å². The highest BCUT2D eigenvalue weighted by molar-refractivity contribution is 5.96. The Labute approximate surface area is 183 Å². The van der Waals surface area contributed by atoms with Crippen molar-refractivity contribution in [1.29, 1.82) is 0 Å². The summed E-state index contributed by atoms with van der Waals surface area (Å²) in [5.41, 5.74) is 2.17. The van der Waals surface area contributed by atoms with Gasteiger partial charge in [0, 0.05) is 51.5 Å². The van der Waals surface area contributed by atoms with Crippen LogP contribution in [-0.2, 0) is 11.2 Å². The van der Waals surface area contributed by atoms with Gasteiger partial charge in [0.15, 0.2) is 0 Å². The van der Waals surface area contributed by atoms with E-state index >= 15 is 0 Å². The average molecular weight is 423 g/mol. The lowest BCUT2D eigenvalue weighted by atomic mass is 10.1. The minimum Gasteiger partial charge on any atom is -0.497 e. The summed E-state index contributed by atoms with van der Waals surface area (Å²) < 4.78 is 5.18. The lowest BCUT2D eigenvalue weighted by Crippen LogP contribution is -2.51. The van der Waals surface area contributed by atoms with Gasteiger partial charge in [-0.25, -0.2) is 4.79 Å². The number of anilines is 1. The number of ether oxygens (including phenoxy) is 1. The van der Waals surface area contributed by atoms with Crippen LogP contribution >= 0.6 is 0 Å². The molecule has 0 radical (unpaired) electrons. The summed E-state index contributed by atoms with van der Waals surface area (Å²) in [4.78, 5) is 33.2. The van der Waals surface area contributed by atoms with Gasteiger partial charge in [-0.1, -0.05) is 30.3 Å². The molecule has 0 bridgehead atoms. The maximum absolute atomic E-state index is 12.8. The predicted octanol–water partition coefficient (Wildman–Crippen LogP) is 2.32. The summed E-state index contributed by atoms with van der Waals surface area (Å²) in [6.45, 7) is 5.51. The maximum Gasteiger partial charge on any atom is 0.325 e. The Morgan fingerprint density at radius 2 is 1.61 bits per heavy atom. The Balaban J connectivity index is 1.23. The van der Waals surface area contributed by atoms with Gasteiger partial charge in [-0.05, 0) is 36.2 Å². The van der Waals surface area contributed by atoms with Crippen LogP contribution < -0.4 is 9.64 Å². The van der Waals surface area contributed by atoms with Crippen molar-refractivity contribution in [3.05, 3.63) is 60.2 Å². The fourth-order valence-corrected chi connectivity index (χ4v) is 4.15. The number of methoxy groups -OCH3 is 1. The summed E-state index contributed by atoms with van der Waals surface area (Å²) in [7, 11) is 1.62. The number of hydrogen-bond donors (Lipinski definition) is 0. The van der Waals surface area contributed by atoms with Crippen LogP contribution in [-0.4, -0.2) is 86.1 Å². The second-order valence-corrected chi connectivity index (χ2v) is 8.01. The van der Waals surface area contributed by atoms with Crippen molar-refractivity contribution in [3.8, 4) is 5.75 Å². The number of piperazine rings is 1. The molecule has 2 fully saturated rings. The van der Waals surface area contributed by atoms with Crippen LogP contribution in [0.5, 0.6) is 5.75 Å². The molecule has 31 heavy (non-hydrogen) atoms. The Morgan fingerprint density at radius 3 is 2.29 bits per heavy atom. The second kappa shape index (κ2) is 9.83. The Bertz CT molecular complexity index is 879. The van der Waals surface area contributed by atoms with Crippen molar-refractivity contribution in [2.45, 2.75) is 6.42 Å². The molecule has 0 aliphatic carbocycles. The van der Waals surface area contributed by atoms with E-state index in [9.17, 15) is 9.59 Å². The molecule has 164 valence electrons. The van der Waals surface area contributed by atoms with Gasteiger partial charge in [0.1, 0.15) is 12.3 Å². The molecule has 2 saturated heterocycles. The van der Waals surface area contributed by atoms with Crippen molar-refractivity contribution < 1.29 is 14.3 Å². The van der Waals surface area contributed by atoms with E-state index in [-0.39, 0.29) is 18.5 Å². The topological polar surface area (TPSA) is 56.3 Å². The third-order valence-electron chi connectivity index (χ3n) is 6.09. The summed E-state index contributed by atoms with van der Waals surface area (Å²) in [6, 6.07) is 17.8. The van der Waals surface area contributed by atoms with Gasteiger partial charge in [-0.15, -0.1) is 0 Å². The van der Waals surface area contributed by atoms with Gasteiger partial charge in [-0.2, -0.15) is 0 Å². The van der Waals surface area contributed by atoms with Crippen LogP contribution in [0.4, 0.5) is 10.5 Å². The van der Waals surface area contributed by atoms with Crippen molar-refractivity contribution in [3.63, 3.8) is 0 Å². The zero-order valence-corrected chi connectivity index (χ0v) is 18.1. The van der Waals surface area contributed by atoms with Gasteiger partial charge < -0.3 is 14.5 Å². The molecule has 0 N–H and O–H groups in total. The molecule has 4 rings (SSSR count). The van der Waals surface area contributed by atoms with E-state index in [0.717, 1.165) is 50.6 Å². The number of nitrogens with zero attached hydrogens (tertiary/aromatic N) is 4. The molecule has 2 heterocycles. The van der Waals surface area contributed by atoms with Gasteiger partial charge in [-0.3, -0.25) is 14.6 Å². The van der Waals surface area contributed by atoms with E-state index in [1.807, 2.05) is 35.2 Å². The Hall–Kier alpha value is -3.06. The van der Waals surface area contributed by atoms with Gasteiger partial charge in [0.2, 0.25) is 5.91 Å². The molecule has 7 heteroatoms. The number of rotatable bonds is 7. The highest BCUT2D eigenvalue weighted by Gasteiger charge is 2.32. The average Bonchev–Trinajstić information content (AvgIpc) is 3.18. The highest BCUT2D eigenvalue weighted by atomic mass is 16.5. The third-order valence-corrected chi connectivity index (χ3v) is 6.09. The first-order chi connectivity index (χ1) is 15.1. The summed E-state index contributed by atoms with van der Waals surface area (Å²) in [5, 5.41) is 0. The fraction of sp³-hybridized carbons (Fsp3) is 0.417. The molecule has 2 aliphatic rings. The number of carbonyl (C=O) groups excluding carboxylic acids is 2. The van der Waals surface area contributed by atoms with Gasteiger partial charge in [0.25, 0.3) is 0 Å². The normalized spacial score (nSPS) is 17.3. The predicted molar refractivity (Wildman–Crippen MR) is 120 cm³/mol. The number of urea groups is 1. The van der Waals surface area contributed by atoms with E-state index in [1.54, 1.807) is 16.9 Å². The summed E-state index contributed by atoms with van der Waals surface area (Å²) in [5.74, 6) is 0.790. The van der Waals surface area contributed by atoms with Crippen molar-refractivity contribution in [2.24, 2.45) is 0 Å². The first-order valence-corrected chi connectivity index (χ1v) is 10.9. The molecule has 0 spiro atoms. The minimum absolute atomic E-state index is 0.0349. The third kappa shape index (κ3) is 5.17. The molecule has 2 aliphatic heterocycles. The SMILES string of the molecule is COc1ccc(N2CCN(CC(=O)N3CCN(CCc4ccccc4)CC3)C2=O)cc1. The quantitative estimate of drug-likeness (QED) is 0.687. The van der Waals surface area contributed by atoms with Crippen LogP contribution in [0.25, 0.3) is 0 Å². The maximum atomic E-state index is 12.8. The van der Waals surface area contributed by atoms with E-state index in [1.165, 1.54) is 5.56 Å². The van der Waals surface area contributed by atoms with E-state index in [4.69, 9.17) is 4.74 Å². The minimum atomic E-state index is -0.111. The van der Waals surface area contributed by atoms with Crippen LogP contribution in [0.3, 0.4) is 0 Å². The molecular formula is C24H30N4O3. The Kier molecular flexibility index (Phi) is 6.72. The van der Waals surface area contributed by atoms with Crippen LogP contribution in [0.1, 0.15) is 5.56 Å². The van der Waals surface area contributed by atoms with Crippen LogP contribution in [0.2, 0.25) is 0 Å². The number of benzene rings is 2. The van der Waals surface area contributed by atoms with Crippen LogP contribution in [0, 0.1) is 0 Å². The number of carbonyl (C=O) groups is 2. The van der Waals surface area contributed by atoms with Crippen molar-refractivity contribution >= 4 is 17.6 Å². The van der Waals surface area contributed by atoms with Crippen molar-refractivity contribution in [1.82, 2.24) is 14.7 Å². The molecule has 0 unspecified atom stereocenters. The van der Waals surface area contributed by atoms with Crippen molar-refractivity contribution in [2.75, 3.05) is 64.4 Å². The number of hydrogen-bond acceptors (Lipinski definition) is 4. The summed E-state index contributed by atoms with van der Waals surface area (Å²) in [6.07, 6.45) is 1.03. The second-order valence-electron chi connectivity index (χ2n) is 8.01. The molecule has 2 aromatic rings. The molecule has 2 aromatic carbocycles. The van der Waals surface area contributed by atoms with Gasteiger partial charge >= 0.3 is 6.03 Å². The highest BCUT2D eigenvalue weighted by Crippen LogP contribution is 2.23. The lowest BCUT2D eigenvalue weighted by molar-refractivity contribution is -0.133. The molecule has 7 nitrogen and oxygen atoms in total. The zero-order chi connectivity index (χ0) is 21.6. The standard InChI is InChI=1S/C24H30N4O3/c1-31-22-9-7-21(8-10-22)28-18-17-27(24(28)30)19-23(29)26-15-13-25(14-16-26)12-11-20-5-3-2-4-6-20/h2-10H,11-19H2,1H3. The summed E-state index contributed by atoms with van der Waals surface area (Å²) >= 11 is 0. The monoisotopic (exact) mass is 422 g/mol. The number of amides is 3. The Morgan fingerprint density at radius 1 is 0.903 bits per heavy atom. The van der Waals surface area contributed by atoms with E-state index in [0.29, 0.717) is 13.1 Å². The fourth-order valence-electron chi connectivity index (χ4n) is 4.15. The largest absolute Gasteiger partial charge is 0.497 e. The molecular weight excluding hydrogens is 392 g/mol. The molecule has 0 aromatic heterocycles. The van der Waals surface area contributed by atoms with E-state index in [2.05, 4.69) is 29.2 Å². The smallest absolute Gasteiger partial charge is 0.325 e. The molecule has 3 amide bonds. The molecule has 0 saturated carbocycles. The first-order valence-electron chi connectivity index (χ1n) is 10.9.